The van der Waals surface area contributed by atoms with E-state index in [9.17, 15) is 0 Å². The first-order valence-electron chi connectivity index (χ1n) is 18.0. The van der Waals surface area contributed by atoms with Crippen LogP contribution in [0.2, 0.25) is 0 Å². The molecule has 0 bridgehead atoms. The largest absolute Gasteiger partial charge is 0.0544 e. The van der Waals surface area contributed by atoms with Crippen molar-refractivity contribution in [2.75, 3.05) is 0 Å². The predicted octanol–water partition coefficient (Wildman–Crippen LogP) is 13.1. The van der Waals surface area contributed by atoms with Gasteiger partial charge in [0.1, 0.15) is 0 Å². The fraction of sp³-hybridized carbons (Fsp3) is 0. The van der Waals surface area contributed by atoms with Crippen LogP contribution < -0.4 is 0 Å². The third-order valence-electron chi connectivity index (χ3n) is 10.7. The van der Waals surface area contributed by atoms with Crippen LogP contribution in [0.25, 0.3) is 107 Å². The molecule has 3 heterocycles. The van der Waals surface area contributed by atoms with Crippen LogP contribution in [0.3, 0.4) is 0 Å². The Morgan fingerprint density at radius 3 is 1.60 bits per heavy atom. The van der Waals surface area contributed by atoms with Gasteiger partial charge in [0.15, 0.2) is 0 Å². The number of hydrogen-bond donors (Lipinski definition) is 0. The average molecular weight is 738 g/mol. The molecule has 0 amide bonds. The van der Waals surface area contributed by atoms with Gasteiger partial charge in [-0.1, -0.05) is 84.9 Å². The fourth-order valence-electron chi connectivity index (χ4n) is 8.21. The summed E-state index contributed by atoms with van der Waals surface area (Å²) in [6.07, 6.45) is 3.95. The summed E-state index contributed by atoms with van der Waals surface area (Å²) in [5.41, 5.74) is 9.07. The van der Waals surface area contributed by atoms with Crippen LogP contribution in [0.4, 0.5) is 0 Å². The smallest absolute Gasteiger partial charge is 0.0184 e. The maximum atomic E-state index is 5.09. The molecular weight excluding hydrogens is 708 g/mol. The molecule has 0 atom stereocenters. The first kappa shape index (κ1) is 30.3. The molecule has 0 aliphatic carbocycles. The molecule has 0 fully saturated rings. The van der Waals surface area contributed by atoms with E-state index in [1.165, 1.54) is 84.6 Å². The third kappa shape index (κ3) is 4.94. The standard InChI is InChI=1S/C50H30N2Se/c1-3-11-33-27-36(19-17-31(33)9-1)47-40-14-5-6-15-41(40)48(37-20-18-32-10-2-4-12-34(32)28-37)44-29-35(21-23-42(44)47)45-24-22-38(30-52-45)49-50-43(25-26-51-49)39-13-7-8-16-46(39)53-50/h1-30H. The topological polar surface area (TPSA) is 25.8 Å². The van der Waals surface area contributed by atoms with E-state index in [-0.39, 0.29) is 14.5 Å². The maximum absolute atomic E-state index is 5.09. The van der Waals surface area contributed by atoms with Gasteiger partial charge in [0.2, 0.25) is 0 Å². The molecule has 0 aliphatic heterocycles. The Hall–Kier alpha value is -6.38. The van der Waals surface area contributed by atoms with Gasteiger partial charge < -0.3 is 0 Å². The number of pyridine rings is 2. The summed E-state index contributed by atoms with van der Waals surface area (Å²) >= 11 is 0.219. The van der Waals surface area contributed by atoms with Crippen LogP contribution in [-0.2, 0) is 0 Å². The minimum Gasteiger partial charge on any atom is -0.0544 e. The van der Waals surface area contributed by atoms with Crippen molar-refractivity contribution in [1.82, 2.24) is 9.97 Å². The van der Waals surface area contributed by atoms with E-state index >= 15 is 0 Å². The van der Waals surface area contributed by atoms with Gasteiger partial charge >= 0.3 is 201 Å². The van der Waals surface area contributed by atoms with Crippen molar-refractivity contribution in [3.8, 4) is 44.8 Å². The molecule has 11 aromatic rings. The minimum absolute atomic E-state index is 0.219. The van der Waals surface area contributed by atoms with Gasteiger partial charge in [-0.25, -0.2) is 0 Å². The first-order chi connectivity index (χ1) is 26.3. The summed E-state index contributed by atoms with van der Waals surface area (Å²) in [7, 11) is 0. The van der Waals surface area contributed by atoms with E-state index in [2.05, 4.69) is 170 Å². The van der Waals surface area contributed by atoms with Gasteiger partial charge in [0, 0.05) is 0 Å². The normalized spacial score (nSPS) is 11.8. The van der Waals surface area contributed by atoms with Gasteiger partial charge in [-0.15, -0.1) is 0 Å². The number of rotatable bonds is 4. The van der Waals surface area contributed by atoms with Crippen molar-refractivity contribution in [1.29, 1.82) is 0 Å². The monoisotopic (exact) mass is 738 g/mol. The van der Waals surface area contributed by atoms with Crippen LogP contribution in [0, 0.1) is 0 Å². The molecule has 3 heteroatoms. The molecule has 0 radical (unpaired) electrons. The second-order valence-electron chi connectivity index (χ2n) is 13.7. The molecular formula is C50H30N2Se. The van der Waals surface area contributed by atoms with Gasteiger partial charge in [-0.3, -0.25) is 0 Å². The maximum Gasteiger partial charge on any atom is -0.0184 e. The molecule has 0 unspecified atom stereocenters. The zero-order valence-electron chi connectivity index (χ0n) is 28.6. The molecule has 8 aromatic carbocycles. The molecule has 0 saturated carbocycles. The Labute approximate surface area is 312 Å². The van der Waals surface area contributed by atoms with Crippen molar-refractivity contribution < 1.29 is 0 Å². The Bertz CT molecular complexity index is 3230. The van der Waals surface area contributed by atoms with Crippen LogP contribution in [0.15, 0.2) is 182 Å². The number of hydrogen-bond acceptors (Lipinski definition) is 2. The molecule has 0 saturated heterocycles. The molecule has 3 aromatic heterocycles. The summed E-state index contributed by atoms with van der Waals surface area (Å²) in [6, 6.07) is 62.1. The molecule has 2 nitrogen and oxygen atoms in total. The molecule has 0 spiro atoms. The Morgan fingerprint density at radius 2 is 0.925 bits per heavy atom. The van der Waals surface area contributed by atoms with Crippen molar-refractivity contribution in [3.05, 3.63) is 182 Å². The SMILES string of the molecule is c1ccc2cc(-c3c4ccccc4c(-c4ccc5ccccc5c4)c4cc(-c5ccc(-c6nccc7c6[se]c6ccccc67)cn5)ccc34)ccc2c1. The van der Waals surface area contributed by atoms with Gasteiger partial charge in [-0.2, -0.15) is 0 Å². The molecule has 11 rings (SSSR count). The van der Waals surface area contributed by atoms with Crippen molar-refractivity contribution in [2.24, 2.45) is 0 Å². The zero-order chi connectivity index (χ0) is 34.9. The zero-order valence-corrected chi connectivity index (χ0v) is 30.3. The van der Waals surface area contributed by atoms with E-state index in [0.717, 1.165) is 22.5 Å². The van der Waals surface area contributed by atoms with Crippen molar-refractivity contribution in [3.63, 3.8) is 0 Å². The number of benzene rings is 8. The van der Waals surface area contributed by atoms with Crippen molar-refractivity contribution >= 4 is 76.9 Å². The summed E-state index contributed by atoms with van der Waals surface area (Å²) < 4.78 is 2.76. The van der Waals surface area contributed by atoms with E-state index in [1.54, 1.807) is 0 Å². The summed E-state index contributed by atoms with van der Waals surface area (Å²) in [5, 5.41) is 12.5. The molecule has 53 heavy (non-hydrogen) atoms. The Kier molecular flexibility index (Phi) is 6.91. The molecule has 0 N–H and O–H groups in total. The summed E-state index contributed by atoms with van der Waals surface area (Å²) in [4.78, 5) is 9.97. The van der Waals surface area contributed by atoms with Crippen LogP contribution in [0.5, 0.6) is 0 Å². The van der Waals surface area contributed by atoms with Crippen LogP contribution >= 0.6 is 0 Å². The minimum atomic E-state index is 0.219. The quantitative estimate of drug-likeness (QED) is 0.133. The van der Waals surface area contributed by atoms with Crippen LogP contribution in [0.1, 0.15) is 0 Å². The Morgan fingerprint density at radius 1 is 0.358 bits per heavy atom. The molecule has 246 valence electrons. The second-order valence-corrected chi connectivity index (χ2v) is 16.0. The number of fused-ring (bicyclic) bond motifs is 7. The fourth-order valence-corrected chi connectivity index (χ4v) is 10.7. The average Bonchev–Trinajstić information content (AvgIpc) is 3.61. The van der Waals surface area contributed by atoms with Gasteiger partial charge in [-0.05, 0) is 27.6 Å². The molecule has 0 aliphatic rings. The summed E-state index contributed by atoms with van der Waals surface area (Å²) in [5.74, 6) is 0. The van der Waals surface area contributed by atoms with E-state index < -0.39 is 0 Å². The predicted molar refractivity (Wildman–Crippen MR) is 226 cm³/mol. The third-order valence-corrected chi connectivity index (χ3v) is 13.2. The Balaban J connectivity index is 1.13. The first-order valence-corrected chi connectivity index (χ1v) is 19.7. The van der Waals surface area contributed by atoms with Gasteiger partial charge in [0.25, 0.3) is 0 Å². The van der Waals surface area contributed by atoms with Crippen molar-refractivity contribution in [2.45, 2.75) is 0 Å². The summed E-state index contributed by atoms with van der Waals surface area (Å²) in [6.45, 7) is 0. The number of aromatic nitrogens is 2. The van der Waals surface area contributed by atoms with E-state index in [1.807, 2.05) is 12.4 Å². The van der Waals surface area contributed by atoms with E-state index in [4.69, 9.17) is 9.97 Å². The van der Waals surface area contributed by atoms with Gasteiger partial charge in [0.05, 0.1) is 0 Å². The number of nitrogens with zero attached hydrogens (tertiary/aromatic N) is 2. The second kappa shape index (κ2) is 12.1. The van der Waals surface area contributed by atoms with Crippen LogP contribution in [-0.4, -0.2) is 24.5 Å². The van der Waals surface area contributed by atoms with E-state index in [0.29, 0.717) is 0 Å².